The van der Waals surface area contributed by atoms with E-state index in [0.29, 0.717) is 0 Å². The summed E-state index contributed by atoms with van der Waals surface area (Å²) in [6.07, 6.45) is 0. The lowest BCUT2D eigenvalue weighted by Gasteiger charge is -2.01. The summed E-state index contributed by atoms with van der Waals surface area (Å²) in [5.41, 5.74) is 3.62. The molecule has 3 N–H and O–H groups in total. The number of benzene rings is 1. The number of nitrogens with zero attached hydrogens (tertiary/aromatic N) is 2. The number of carbonyl (C=O) groups is 1. The van der Waals surface area contributed by atoms with Crippen molar-refractivity contribution in [3.05, 3.63) is 33.4 Å². The first-order valence-corrected chi connectivity index (χ1v) is 3.68. The SMILES string of the molecule is N#Cc1cc(N)cc([N+](=O)[O-])c1C(=O)O. The van der Waals surface area contributed by atoms with E-state index in [9.17, 15) is 14.9 Å². The van der Waals surface area contributed by atoms with Crippen LogP contribution in [-0.4, -0.2) is 16.0 Å². The number of nitrogen functional groups attached to an aromatic ring is 1. The minimum Gasteiger partial charge on any atom is -0.477 e. The molecule has 0 aromatic heterocycles. The molecular formula is C8H5N3O4. The van der Waals surface area contributed by atoms with Gasteiger partial charge in [-0.3, -0.25) is 10.1 Å². The van der Waals surface area contributed by atoms with Crippen LogP contribution < -0.4 is 5.73 Å². The number of rotatable bonds is 2. The first-order valence-electron chi connectivity index (χ1n) is 3.68. The number of hydrogen-bond acceptors (Lipinski definition) is 5. The Morgan fingerprint density at radius 1 is 1.60 bits per heavy atom. The molecule has 0 radical (unpaired) electrons. The third-order valence-electron chi connectivity index (χ3n) is 1.67. The minimum atomic E-state index is -1.53. The van der Waals surface area contributed by atoms with Gasteiger partial charge in [-0.2, -0.15) is 5.26 Å². The molecular weight excluding hydrogens is 202 g/mol. The number of nitro benzene ring substituents is 1. The number of carboxylic acid groups (broad SMARTS) is 1. The van der Waals surface area contributed by atoms with Gasteiger partial charge in [-0.15, -0.1) is 0 Å². The monoisotopic (exact) mass is 207 g/mol. The zero-order valence-corrected chi connectivity index (χ0v) is 7.30. The highest BCUT2D eigenvalue weighted by Crippen LogP contribution is 2.25. The summed E-state index contributed by atoms with van der Waals surface area (Å²) in [7, 11) is 0. The number of carboxylic acids is 1. The quantitative estimate of drug-likeness (QED) is 0.418. The lowest BCUT2D eigenvalue weighted by Crippen LogP contribution is -2.06. The van der Waals surface area contributed by atoms with Gasteiger partial charge in [-0.1, -0.05) is 0 Å². The Bertz CT molecular complexity index is 489. The molecule has 0 aliphatic carbocycles. The molecule has 0 heterocycles. The molecule has 0 aliphatic rings. The molecule has 1 aromatic rings. The van der Waals surface area contributed by atoms with Gasteiger partial charge in [0.1, 0.15) is 6.07 Å². The van der Waals surface area contributed by atoms with Gasteiger partial charge in [0.15, 0.2) is 5.56 Å². The fraction of sp³-hybridized carbons (Fsp3) is 0. The Hall–Kier alpha value is -2.62. The van der Waals surface area contributed by atoms with E-state index in [2.05, 4.69) is 0 Å². The van der Waals surface area contributed by atoms with Gasteiger partial charge < -0.3 is 10.8 Å². The number of anilines is 1. The summed E-state index contributed by atoms with van der Waals surface area (Å²) in [4.78, 5) is 20.4. The average molecular weight is 207 g/mol. The van der Waals surface area contributed by atoms with Gasteiger partial charge in [-0.05, 0) is 6.07 Å². The van der Waals surface area contributed by atoms with Gasteiger partial charge in [0, 0.05) is 11.8 Å². The molecule has 1 rings (SSSR count). The molecule has 0 saturated heterocycles. The number of aromatic carboxylic acids is 1. The van der Waals surface area contributed by atoms with Crippen LogP contribution >= 0.6 is 0 Å². The first kappa shape index (κ1) is 10.5. The normalized spacial score (nSPS) is 9.27. The van der Waals surface area contributed by atoms with E-state index >= 15 is 0 Å². The summed E-state index contributed by atoms with van der Waals surface area (Å²) in [5, 5.41) is 27.9. The van der Waals surface area contributed by atoms with Crippen LogP contribution in [0.5, 0.6) is 0 Å². The van der Waals surface area contributed by atoms with Crippen LogP contribution in [0.15, 0.2) is 12.1 Å². The highest BCUT2D eigenvalue weighted by atomic mass is 16.6. The van der Waals surface area contributed by atoms with Crippen molar-refractivity contribution >= 4 is 17.3 Å². The maximum Gasteiger partial charge on any atom is 0.344 e. The molecule has 0 saturated carbocycles. The van der Waals surface area contributed by atoms with Gasteiger partial charge in [-0.25, -0.2) is 4.79 Å². The Balaban J connectivity index is 3.64. The molecule has 0 atom stereocenters. The van der Waals surface area contributed by atoms with Crippen LogP contribution in [0.3, 0.4) is 0 Å². The Labute approximate surface area is 83.5 Å². The topological polar surface area (TPSA) is 130 Å². The van der Waals surface area contributed by atoms with E-state index in [4.69, 9.17) is 16.1 Å². The Kier molecular flexibility index (Phi) is 2.53. The lowest BCUT2D eigenvalue weighted by molar-refractivity contribution is -0.385. The number of nitrogens with two attached hydrogens (primary N) is 1. The van der Waals surface area contributed by atoms with Crippen molar-refractivity contribution in [3.8, 4) is 6.07 Å². The van der Waals surface area contributed by atoms with Gasteiger partial charge >= 0.3 is 5.97 Å². The fourth-order valence-corrected chi connectivity index (χ4v) is 1.11. The second-order valence-electron chi connectivity index (χ2n) is 2.64. The van der Waals surface area contributed by atoms with Crippen LogP contribution in [0.1, 0.15) is 15.9 Å². The smallest absolute Gasteiger partial charge is 0.344 e. The van der Waals surface area contributed by atoms with Gasteiger partial charge in [0.25, 0.3) is 5.69 Å². The van der Waals surface area contributed by atoms with Crippen molar-refractivity contribution in [2.24, 2.45) is 0 Å². The van der Waals surface area contributed by atoms with Crippen LogP contribution in [0.25, 0.3) is 0 Å². The number of nitriles is 1. The predicted molar refractivity (Wildman–Crippen MR) is 49.2 cm³/mol. The largest absolute Gasteiger partial charge is 0.477 e. The number of nitro groups is 1. The molecule has 0 amide bonds. The Morgan fingerprint density at radius 2 is 2.20 bits per heavy atom. The second kappa shape index (κ2) is 3.63. The van der Waals surface area contributed by atoms with Crippen molar-refractivity contribution in [3.63, 3.8) is 0 Å². The molecule has 0 unspecified atom stereocenters. The first-order chi connectivity index (χ1) is 6.97. The molecule has 7 nitrogen and oxygen atoms in total. The van der Waals surface area contributed by atoms with Crippen LogP contribution in [-0.2, 0) is 0 Å². The Morgan fingerprint density at radius 3 is 2.60 bits per heavy atom. The standard InChI is InChI=1S/C8H5N3O4/c9-3-4-1-5(10)2-6(11(14)15)7(4)8(12)13/h1-2H,10H2,(H,12,13). The zero-order chi connectivity index (χ0) is 11.6. The molecule has 15 heavy (non-hydrogen) atoms. The fourth-order valence-electron chi connectivity index (χ4n) is 1.11. The van der Waals surface area contributed by atoms with E-state index in [1.807, 2.05) is 0 Å². The van der Waals surface area contributed by atoms with E-state index in [1.165, 1.54) is 0 Å². The predicted octanol–water partition coefficient (Wildman–Crippen LogP) is 0.747. The average Bonchev–Trinajstić information content (AvgIpc) is 2.15. The molecule has 0 bridgehead atoms. The molecule has 0 aliphatic heterocycles. The zero-order valence-electron chi connectivity index (χ0n) is 7.30. The van der Waals surface area contributed by atoms with Gasteiger partial charge in [0.2, 0.25) is 0 Å². The number of hydrogen-bond donors (Lipinski definition) is 2. The second-order valence-corrected chi connectivity index (χ2v) is 2.64. The van der Waals surface area contributed by atoms with Crippen LogP contribution in [0.2, 0.25) is 0 Å². The summed E-state index contributed by atoms with van der Waals surface area (Å²) in [5.74, 6) is -1.53. The highest BCUT2D eigenvalue weighted by Gasteiger charge is 2.24. The maximum absolute atomic E-state index is 10.7. The summed E-state index contributed by atoms with van der Waals surface area (Å²) in [6.45, 7) is 0. The van der Waals surface area contributed by atoms with E-state index in [0.717, 1.165) is 12.1 Å². The maximum atomic E-state index is 10.7. The van der Waals surface area contributed by atoms with Crippen molar-refractivity contribution in [1.82, 2.24) is 0 Å². The molecule has 76 valence electrons. The summed E-state index contributed by atoms with van der Waals surface area (Å²) in [6, 6.07) is 3.53. The summed E-state index contributed by atoms with van der Waals surface area (Å²) < 4.78 is 0. The van der Waals surface area contributed by atoms with E-state index < -0.39 is 22.1 Å². The van der Waals surface area contributed by atoms with Crippen molar-refractivity contribution in [2.45, 2.75) is 0 Å². The molecule has 0 spiro atoms. The molecule has 0 fully saturated rings. The van der Waals surface area contributed by atoms with Crippen molar-refractivity contribution < 1.29 is 14.8 Å². The minimum absolute atomic E-state index is 0.0248. The van der Waals surface area contributed by atoms with Gasteiger partial charge in [0.05, 0.1) is 10.5 Å². The van der Waals surface area contributed by atoms with Crippen molar-refractivity contribution in [1.29, 1.82) is 5.26 Å². The third-order valence-corrected chi connectivity index (χ3v) is 1.67. The summed E-state index contributed by atoms with van der Waals surface area (Å²) >= 11 is 0. The van der Waals surface area contributed by atoms with E-state index in [1.54, 1.807) is 6.07 Å². The molecule has 7 heteroatoms. The lowest BCUT2D eigenvalue weighted by atomic mass is 10.1. The molecule has 1 aromatic carbocycles. The van der Waals surface area contributed by atoms with Crippen LogP contribution in [0, 0.1) is 21.4 Å². The van der Waals surface area contributed by atoms with Crippen LogP contribution in [0.4, 0.5) is 11.4 Å². The van der Waals surface area contributed by atoms with E-state index in [-0.39, 0.29) is 11.3 Å². The highest BCUT2D eigenvalue weighted by molar-refractivity contribution is 5.96. The van der Waals surface area contributed by atoms with Crippen molar-refractivity contribution in [2.75, 3.05) is 5.73 Å². The third kappa shape index (κ3) is 1.83.